The average molecular weight is 404 g/mol. The maximum Gasteiger partial charge on any atom is 0.472 e. The first kappa shape index (κ1) is 19.3. The summed E-state index contributed by atoms with van der Waals surface area (Å²) in [7, 11) is -6.19. The Morgan fingerprint density at radius 2 is 1.27 bits per heavy atom. The Morgan fingerprint density at radius 3 is 1.65 bits per heavy atom. The number of hydrogen-bond donors (Lipinski definition) is 2. The summed E-state index contributed by atoms with van der Waals surface area (Å²) in [6.45, 7) is 0. The van der Waals surface area contributed by atoms with Crippen LogP contribution < -0.4 is 10.0 Å². The van der Waals surface area contributed by atoms with E-state index in [2.05, 4.69) is 5.32 Å². The number of amides is 2. The number of carbonyl (C=O) groups is 2. The highest BCUT2D eigenvalue weighted by atomic mass is 32.2. The van der Waals surface area contributed by atoms with Crippen molar-refractivity contribution in [3.63, 3.8) is 0 Å². The zero-order chi connectivity index (χ0) is 19.5. The third kappa shape index (κ3) is 3.27. The highest BCUT2D eigenvalue weighted by molar-refractivity contribution is 7.91. The maximum atomic E-state index is 14.0. The quantitative estimate of drug-likeness (QED) is 0.698. The molecule has 4 fully saturated rings. The summed E-state index contributed by atoms with van der Waals surface area (Å²) in [4.78, 5) is 22.6. The van der Waals surface area contributed by atoms with Gasteiger partial charge in [0.05, 0.1) is 0 Å². The molecule has 148 valence electrons. The van der Waals surface area contributed by atoms with E-state index >= 15 is 0 Å². The van der Waals surface area contributed by atoms with Gasteiger partial charge in [0.1, 0.15) is 0 Å². The zero-order valence-corrected chi connectivity index (χ0v) is 14.2. The van der Waals surface area contributed by atoms with Crippen molar-refractivity contribution in [1.29, 1.82) is 0 Å². The number of rotatable bonds is 4. The molecule has 0 unspecified atom stereocenters. The van der Waals surface area contributed by atoms with Crippen molar-refractivity contribution >= 4 is 21.8 Å². The molecule has 4 aliphatic rings. The Balaban J connectivity index is 1.75. The van der Waals surface area contributed by atoms with E-state index < -0.39 is 38.8 Å². The van der Waals surface area contributed by atoms with Crippen LogP contribution in [-0.2, 0) is 19.6 Å². The average Bonchev–Trinajstić information content (AvgIpc) is 2.43. The lowest BCUT2D eigenvalue weighted by Crippen LogP contribution is -2.64. The fraction of sp³-hybridized carbons (Fsp3) is 0.857. The molecule has 4 saturated carbocycles. The summed E-state index contributed by atoms with van der Waals surface area (Å²) in [6.07, 6.45) is -1.55. The van der Waals surface area contributed by atoms with Crippen molar-refractivity contribution < 1.29 is 40.0 Å². The predicted octanol–water partition coefficient (Wildman–Crippen LogP) is 1.67. The molecule has 12 heteroatoms. The van der Waals surface area contributed by atoms with Crippen molar-refractivity contribution in [2.24, 2.45) is 17.8 Å². The molecule has 0 radical (unpaired) electrons. The van der Waals surface area contributed by atoms with Crippen molar-refractivity contribution in [1.82, 2.24) is 10.0 Å². The van der Waals surface area contributed by atoms with E-state index in [9.17, 15) is 40.0 Å². The smallest absolute Gasteiger partial charge is 0.344 e. The highest BCUT2D eigenvalue weighted by Crippen LogP contribution is 2.55. The summed E-state index contributed by atoms with van der Waals surface area (Å²) in [6, 6.07) is 0. The van der Waals surface area contributed by atoms with Crippen LogP contribution in [0, 0.1) is 17.8 Å². The zero-order valence-electron chi connectivity index (χ0n) is 13.4. The first-order chi connectivity index (χ1) is 11.7. The fourth-order valence-electron chi connectivity index (χ4n) is 4.94. The summed E-state index contributed by atoms with van der Waals surface area (Å²) >= 11 is 0. The largest absolute Gasteiger partial charge is 0.472 e. The molecule has 4 rings (SSSR count). The van der Waals surface area contributed by atoms with Crippen LogP contribution in [-0.4, -0.2) is 37.2 Å². The van der Waals surface area contributed by atoms with Crippen LogP contribution >= 0.6 is 0 Å². The number of nitrogens with one attached hydrogen (secondary N) is 2. The van der Waals surface area contributed by atoms with Gasteiger partial charge in [-0.15, -0.1) is 0 Å². The molecular formula is C14H17F5N2O4S. The lowest BCUT2D eigenvalue weighted by Gasteiger charge is -2.57. The van der Waals surface area contributed by atoms with E-state index in [1.807, 2.05) is 0 Å². The van der Waals surface area contributed by atoms with Gasteiger partial charge in [-0.25, -0.2) is 4.72 Å². The molecule has 0 heterocycles. The second-order valence-electron chi connectivity index (χ2n) is 7.60. The number of carbonyl (C=O) groups excluding carboxylic acids is 2. The lowest BCUT2D eigenvalue weighted by atomic mass is 9.53. The molecule has 0 aromatic rings. The Morgan fingerprint density at radius 1 is 0.846 bits per heavy atom. The van der Waals surface area contributed by atoms with Crippen molar-refractivity contribution in [2.75, 3.05) is 0 Å². The maximum absolute atomic E-state index is 14.0. The standard InChI is InChI=1S/C14H17F5N2O4S/c15-13(16,17)10(22)21-26(24,25)14(18,19)11(23)20-12-4-7-1-8(5-12)3-9(2-7)6-12/h7-9H,1-6H2,(H,20,23)(H,21,22). The van der Waals surface area contributed by atoms with Crippen LogP contribution in [0.1, 0.15) is 38.5 Å². The second kappa shape index (κ2) is 5.77. The van der Waals surface area contributed by atoms with Crippen molar-refractivity contribution in [3.8, 4) is 0 Å². The van der Waals surface area contributed by atoms with Gasteiger partial charge in [0, 0.05) is 5.54 Å². The molecular weight excluding hydrogens is 387 g/mol. The van der Waals surface area contributed by atoms with Gasteiger partial charge >= 0.3 is 33.3 Å². The van der Waals surface area contributed by atoms with E-state index in [4.69, 9.17) is 0 Å². The van der Waals surface area contributed by atoms with Crippen LogP contribution in [0.4, 0.5) is 22.0 Å². The second-order valence-corrected chi connectivity index (χ2v) is 9.32. The Kier molecular flexibility index (Phi) is 4.28. The minimum absolute atomic E-state index is 0.223. The van der Waals surface area contributed by atoms with Gasteiger partial charge in [0.2, 0.25) is 0 Å². The minimum Gasteiger partial charge on any atom is -0.344 e. The van der Waals surface area contributed by atoms with Gasteiger partial charge in [0.25, 0.3) is 0 Å². The van der Waals surface area contributed by atoms with E-state index in [1.165, 1.54) is 0 Å². The molecule has 2 N–H and O–H groups in total. The van der Waals surface area contributed by atoms with Crippen LogP contribution in [0.25, 0.3) is 0 Å². The van der Waals surface area contributed by atoms with Gasteiger partial charge < -0.3 is 5.32 Å². The van der Waals surface area contributed by atoms with Gasteiger partial charge in [-0.2, -0.15) is 30.4 Å². The molecule has 4 aliphatic carbocycles. The number of halogens is 5. The van der Waals surface area contributed by atoms with Crippen molar-refractivity contribution in [2.45, 2.75) is 55.5 Å². The fourth-order valence-corrected chi connectivity index (χ4v) is 5.73. The summed E-state index contributed by atoms with van der Waals surface area (Å²) in [5.41, 5.74) is -0.960. The topological polar surface area (TPSA) is 92.3 Å². The number of alkyl halides is 5. The lowest BCUT2D eigenvalue weighted by molar-refractivity contribution is -0.171. The number of hydrogen-bond acceptors (Lipinski definition) is 4. The number of sulfonamides is 1. The first-order valence-electron chi connectivity index (χ1n) is 8.08. The predicted molar refractivity (Wildman–Crippen MR) is 77.1 cm³/mol. The Labute approximate surface area is 145 Å². The third-order valence-electron chi connectivity index (χ3n) is 5.50. The first-order valence-corrected chi connectivity index (χ1v) is 9.56. The molecule has 0 spiro atoms. The summed E-state index contributed by atoms with van der Waals surface area (Å²) < 4.78 is 87.7. The summed E-state index contributed by atoms with van der Waals surface area (Å²) in [5, 5.41) is -3.13. The third-order valence-corrected chi connectivity index (χ3v) is 6.82. The molecule has 26 heavy (non-hydrogen) atoms. The normalized spacial score (nSPS) is 33.8. The van der Waals surface area contributed by atoms with E-state index in [0.717, 1.165) is 19.3 Å². The van der Waals surface area contributed by atoms with E-state index in [-0.39, 0.29) is 22.5 Å². The Bertz CT molecular complexity index is 699. The Hall–Kier alpha value is -1.46. The molecule has 4 bridgehead atoms. The van der Waals surface area contributed by atoms with E-state index in [1.54, 1.807) is 0 Å². The molecule has 0 atom stereocenters. The molecule has 0 aliphatic heterocycles. The van der Waals surface area contributed by atoms with Crippen LogP contribution in [0.3, 0.4) is 0 Å². The minimum atomic E-state index is -6.19. The van der Waals surface area contributed by atoms with Crippen LogP contribution in [0.5, 0.6) is 0 Å². The molecule has 0 aromatic heterocycles. The van der Waals surface area contributed by atoms with Gasteiger partial charge in [-0.05, 0) is 56.3 Å². The van der Waals surface area contributed by atoms with Gasteiger partial charge in [-0.1, -0.05) is 0 Å². The van der Waals surface area contributed by atoms with Crippen molar-refractivity contribution in [3.05, 3.63) is 0 Å². The molecule has 2 amide bonds. The van der Waals surface area contributed by atoms with E-state index in [0.29, 0.717) is 19.3 Å². The molecule has 6 nitrogen and oxygen atoms in total. The van der Waals surface area contributed by atoms with Crippen LogP contribution in [0.2, 0.25) is 0 Å². The monoisotopic (exact) mass is 404 g/mol. The molecule has 0 aromatic carbocycles. The summed E-state index contributed by atoms with van der Waals surface area (Å²) in [5.74, 6) is -4.51. The molecule has 0 saturated heterocycles. The SMILES string of the molecule is O=C(NS(=O)(=O)C(F)(F)C(=O)NC12CC3CC(CC(C3)C1)C2)C(F)(F)F. The highest BCUT2D eigenvalue weighted by Gasteiger charge is 2.59. The van der Waals surface area contributed by atoms with Crippen LogP contribution in [0.15, 0.2) is 0 Å². The van der Waals surface area contributed by atoms with Gasteiger partial charge in [-0.3, -0.25) is 9.59 Å². The van der Waals surface area contributed by atoms with Gasteiger partial charge in [0.15, 0.2) is 0 Å².